The molecule has 1 heterocycles. The molecule has 1 atom stereocenters. The number of rotatable bonds is 5. The van der Waals surface area contributed by atoms with Crippen molar-refractivity contribution < 1.29 is 13.2 Å². The van der Waals surface area contributed by atoms with Gasteiger partial charge in [-0.05, 0) is 41.5 Å². The molecule has 1 aliphatic rings. The first-order valence-corrected chi connectivity index (χ1v) is 10.9. The van der Waals surface area contributed by atoms with Crippen molar-refractivity contribution in [2.45, 2.75) is 10.8 Å². The van der Waals surface area contributed by atoms with Crippen LogP contribution < -0.4 is 5.32 Å². The van der Waals surface area contributed by atoms with Crippen molar-refractivity contribution >= 4 is 33.0 Å². The molecule has 0 saturated carbocycles. The Morgan fingerprint density at radius 2 is 1.53 bits per heavy atom. The van der Waals surface area contributed by atoms with Gasteiger partial charge < -0.3 is 5.32 Å². The van der Waals surface area contributed by atoms with Crippen molar-refractivity contribution in [1.82, 2.24) is 4.31 Å². The molecule has 0 radical (unpaired) electrons. The topological polar surface area (TPSA) is 78.8 Å². The molecule has 0 aromatic heterocycles. The maximum atomic E-state index is 12.8. The van der Waals surface area contributed by atoms with Crippen LogP contribution >= 0.6 is 0 Å². The highest BCUT2D eigenvalue weighted by molar-refractivity contribution is 7.89. The van der Waals surface area contributed by atoms with Crippen LogP contribution in [0, 0.1) is 0 Å². The molecule has 6 nitrogen and oxygen atoms in total. The molecule has 0 saturated heterocycles. The van der Waals surface area contributed by atoms with Crippen LogP contribution in [-0.2, 0) is 14.8 Å². The fourth-order valence-electron chi connectivity index (χ4n) is 3.43. The summed E-state index contributed by atoms with van der Waals surface area (Å²) in [5, 5.41) is 2.92. The molecule has 152 valence electrons. The molecule has 3 aromatic rings. The van der Waals surface area contributed by atoms with Gasteiger partial charge in [-0.2, -0.15) is 0 Å². The van der Waals surface area contributed by atoms with Gasteiger partial charge in [-0.1, -0.05) is 48.5 Å². The molecule has 4 rings (SSSR count). The Kier molecular flexibility index (Phi) is 5.24. The van der Waals surface area contributed by atoms with Gasteiger partial charge in [0.15, 0.2) is 0 Å². The minimum Gasteiger partial charge on any atom is -0.325 e. The number of aliphatic imine (C=N–C) groups is 1. The summed E-state index contributed by atoms with van der Waals surface area (Å²) in [6.07, 6.45) is 0. The second-order valence-electron chi connectivity index (χ2n) is 7.15. The second-order valence-corrected chi connectivity index (χ2v) is 9.31. The summed E-state index contributed by atoms with van der Waals surface area (Å²) in [5.74, 6) is -0.681. The van der Waals surface area contributed by atoms with Crippen LogP contribution in [0.3, 0.4) is 0 Å². The molecule has 1 N–H and O–H groups in total. The van der Waals surface area contributed by atoms with Gasteiger partial charge in [0.2, 0.25) is 15.9 Å². The molecule has 30 heavy (non-hydrogen) atoms. The van der Waals surface area contributed by atoms with Gasteiger partial charge in [0, 0.05) is 19.8 Å². The Morgan fingerprint density at radius 1 is 0.900 bits per heavy atom. The average molecular weight is 420 g/mol. The molecular weight excluding hydrogens is 398 g/mol. The third kappa shape index (κ3) is 3.65. The summed E-state index contributed by atoms with van der Waals surface area (Å²) >= 11 is 0. The standard InChI is InChI=1S/C23H21N3O3S/c1-26(2)30(28,29)18-14-12-17(13-15-18)24-22(16-8-4-3-5-9-16)21-19-10-6-7-11-20(19)25-23(21)27/h3-15,21H,1-2H3,(H,25,27). The van der Waals surface area contributed by atoms with E-state index in [1.807, 2.05) is 54.6 Å². The van der Waals surface area contributed by atoms with Crippen molar-refractivity contribution in [2.75, 3.05) is 19.4 Å². The molecule has 1 unspecified atom stereocenters. The number of hydrogen-bond acceptors (Lipinski definition) is 4. The van der Waals surface area contributed by atoms with Crippen molar-refractivity contribution in [3.05, 3.63) is 90.0 Å². The largest absolute Gasteiger partial charge is 0.325 e. The number of amides is 1. The van der Waals surface area contributed by atoms with Crippen LogP contribution in [-0.4, -0.2) is 38.4 Å². The molecule has 0 bridgehead atoms. The third-order valence-corrected chi connectivity index (χ3v) is 6.83. The summed E-state index contributed by atoms with van der Waals surface area (Å²) in [5.41, 5.74) is 3.67. The highest BCUT2D eigenvalue weighted by Crippen LogP contribution is 2.36. The molecule has 1 amide bonds. The fourth-order valence-corrected chi connectivity index (χ4v) is 4.33. The van der Waals surface area contributed by atoms with E-state index in [1.165, 1.54) is 30.5 Å². The smallest absolute Gasteiger partial charge is 0.242 e. The summed E-state index contributed by atoms with van der Waals surface area (Å²) in [6.45, 7) is 0. The molecule has 0 aliphatic carbocycles. The van der Waals surface area contributed by atoms with E-state index in [1.54, 1.807) is 12.1 Å². The highest BCUT2D eigenvalue weighted by atomic mass is 32.2. The molecular formula is C23H21N3O3S. The Hall–Kier alpha value is -3.29. The normalized spacial score (nSPS) is 16.4. The molecule has 0 fully saturated rings. The van der Waals surface area contributed by atoms with Crippen LogP contribution in [0.5, 0.6) is 0 Å². The lowest BCUT2D eigenvalue weighted by molar-refractivity contribution is -0.115. The Labute approximate surface area is 175 Å². The zero-order valence-electron chi connectivity index (χ0n) is 16.6. The first-order chi connectivity index (χ1) is 14.4. The zero-order chi connectivity index (χ0) is 21.3. The molecule has 3 aromatic carbocycles. The van der Waals surface area contributed by atoms with Gasteiger partial charge in [-0.3, -0.25) is 9.79 Å². The summed E-state index contributed by atoms with van der Waals surface area (Å²) < 4.78 is 25.8. The van der Waals surface area contributed by atoms with Crippen LogP contribution in [0.15, 0.2) is 88.8 Å². The first-order valence-electron chi connectivity index (χ1n) is 9.44. The van der Waals surface area contributed by atoms with E-state index in [0.29, 0.717) is 11.4 Å². The van der Waals surface area contributed by atoms with Gasteiger partial charge >= 0.3 is 0 Å². The number of nitrogens with zero attached hydrogens (tertiary/aromatic N) is 2. The number of carbonyl (C=O) groups excluding carboxylic acids is 1. The fraction of sp³-hybridized carbons (Fsp3) is 0.130. The lowest BCUT2D eigenvalue weighted by Gasteiger charge is -2.14. The molecule has 0 spiro atoms. The summed E-state index contributed by atoms with van der Waals surface area (Å²) in [7, 11) is -0.536. The van der Waals surface area contributed by atoms with E-state index in [0.717, 1.165) is 16.8 Å². The number of para-hydroxylation sites is 1. The van der Waals surface area contributed by atoms with Crippen LogP contribution in [0.4, 0.5) is 11.4 Å². The number of fused-ring (bicyclic) bond motifs is 1. The number of nitrogens with one attached hydrogen (secondary N) is 1. The van der Waals surface area contributed by atoms with Gasteiger partial charge in [0.1, 0.15) is 5.92 Å². The van der Waals surface area contributed by atoms with E-state index in [-0.39, 0.29) is 10.8 Å². The predicted octanol–water partition coefficient (Wildman–Crippen LogP) is 3.79. The third-order valence-electron chi connectivity index (χ3n) is 5.00. The van der Waals surface area contributed by atoms with E-state index >= 15 is 0 Å². The number of hydrogen-bond donors (Lipinski definition) is 1. The number of carbonyl (C=O) groups is 1. The predicted molar refractivity (Wildman–Crippen MR) is 118 cm³/mol. The Morgan fingerprint density at radius 3 is 2.20 bits per heavy atom. The lowest BCUT2D eigenvalue weighted by Crippen LogP contribution is -2.22. The quantitative estimate of drug-likeness (QED) is 0.639. The van der Waals surface area contributed by atoms with Crippen molar-refractivity contribution in [3.8, 4) is 0 Å². The highest BCUT2D eigenvalue weighted by Gasteiger charge is 2.35. The van der Waals surface area contributed by atoms with E-state index < -0.39 is 15.9 Å². The maximum Gasteiger partial charge on any atom is 0.242 e. The Bertz CT molecular complexity index is 1220. The van der Waals surface area contributed by atoms with Gasteiger partial charge in [0.05, 0.1) is 16.3 Å². The summed E-state index contributed by atoms with van der Waals surface area (Å²) in [6, 6.07) is 23.5. The summed E-state index contributed by atoms with van der Waals surface area (Å²) in [4.78, 5) is 17.8. The van der Waals surface area contributed by atoms with E-state index in [2.05, 4.69) is 5.32 Å². The van der Waals surface area contributed by atoms with Crippen LogP contribution in [0.2, 0.25) is 0 Å². The Balaban J connectivity index is 1.81. The first kappa shape index (κ1) is 20.0. The van der Waals surface area contributed by atoms with Crippen molar-refractivity contribution in [3.63, 3.8) is 0 Å². The lowest BCUT2D eigenvalue weighted by atomic mass is 9.90. The van der Waals surface area contributed by atoms with E-state index in [4.69, 9.17) is 4.99 Å². The minimum atomic E-state index is -3.52. The van der Waals surface area contributed by atoms with Gasteiger partial charge in [-0.15, -0.1) is 0 Å². The number of anilines is 1. The number of benzene rings is 3. The van der Waals surface area contributed by atoms with E-state index in [9.17, 15) is 13.2 Å². The maximum absolute atomic E-state index is 12.8. The van der Waals surface area contributed by atoms with Crippen molar-refractivity contribution in [1.29, 1.82) is 0 Å². The second kappa shape index (κ2) is 7.85. The van der Waals surface area contributed by atoms with Gasteiger partial charge in [0.25, 0.3) is 0 Å². The zero-order valence-corrected chi connectivity index (χ0v) is 17.4. The SMILES string of the molecule is CN(C)S(=O)(=O)c1ccc(N=C(c2ccccc2)C2C(=O)Nc3ccccc32)cc1. The molecule has 1 aliphatic heterocycles. The van der Waals surface area contributed by atoms with Gasteiger partial charge in [-0.25, -0.2) is 12.7 Å². The average Bonchev–Trinajstić information content (AvgIpc) is 3.08. The van der Waals surface area contributed by atoms with Crippen LogP contribution in [0.25, 0.3) is 0 Å². The van der Waals surface area contributed by atoms with Crippen molar-refractivity contribution in [2.24, 2.45) is 4.99 Å². The van der Waals surface area contributed by atoms with Crippen LogP contribution in [0.1, 0.15) is 17.0 Å². The minimum absolute atomic E-state index is 0.134. The molecule has 7 heteroatoms. The number of sulfonamides is 1. The monoisotopic (exact) mass is 419 g/mol.